The highest BCUT2D eigenvalue weighted by molar-refractivity contribution is 5.37. The van der Waals surface area contributed by atoms with Crippen molar-refractivity contribution in [3.05, 3.63) is 35.0 Å². The van der Waals surface area contributed by atoms with Gasteiger partial charge >= 0.3 is 0 Å². The molecule has 0 radical (unpaired) electrons. The molecule has 1 aromatic rings. The number of nitrogens with zero attached hydrogens (tertiary/aromatic N) is 1. The fraction of sp³-hybridized carbons (Fsp3) is 0.385. The monoisotopic (exact) mass is 189 g/mol. The zero-order chi connectivity index (χ0) is 10.7. The summed E-state index contributed by atoms with van der Waals surface area (Å²) in [5.74, 6) is 0.590. The summed E-state index contributed by atoms with van der Waals surface area (Å²) in [4.78, 5) is 0. The van der Waals surface area contributed by atoms with Crippen molar-refractivity contribution >= 4 is 12.7 Å². The number of hydrogen-bond donors (Lipinski definition) is 0. The lowest BCUT2D eigenvalue weighted by Crippen LogP contribution is -2.25. The Labute approximate surface area is 86.1 Å². The van der Waals surface area contributed by atoms with E-state index in [4.69, 9.17) is 0 Å². The van der Waals surface area contributed by atoms with Crippen LogP contribution >= 0.6 is 0 Å². The fourth-order valence-corrected chi connectivity index (χ4v) is 1.64. The summed E-state index contributed by atoms with van der Waals surface area (Å²) in [5.41, 5.74) is 1.35. The van der Waals surface area contributed by atoms with Gasteiger partial charge in [0.15, 0.2) is 0 Å². The average molecular weight is 189 g/mol. The Morgan fingerprint density at radius 1 is 1.57 bits per heavy atom. The van der Waals surface area contributed by atoms with Crippen molar-refractivity contribution in [2.24, 2.45) is 7.05 Å². The van der Waals surface area contributed by atoms with Crippen molar-refractivity contribution in [2.45, 2.75) is 26.2 Å². The molecule has 0 aliphatic rings. The molecule has 1 unspecified atom stereocenters. The minimum Gasteiger partial charge on any atom is -0.348 e. The summed E-state index contributed by atoms with van der Waals surface area (Å²) in [7, 11) is 2.07. The molecule has 0 saturated heterocycles. The van der Waals surface area contributed by atoms with Gasteiger partial charge in [-0.05, 0) is 23.6 Å². The third-order valence-electron chi connectivity index (χ3n) is 2.84. The molecule has 1 atom stereocenters. The van der Waals surface area contributed by atoms with Gasteiger partial charge in [-0.1, -0.05) is 39.2 Å². The number of allylic oxidation sites excluding steroid dienone is 1. The van der Waals surface area contributed by atoms with Gasteiger partial charge in [0.2, 0.25) is 0 Å². The maximum absolute atomic E-state index is 4.06. The molecule has 0 amide bonds. The van der Waals surface area contributed by atoms with Crippen LogP contribution in [0.25, 0.3) is 12.7 Å². The standard InChI is InChI=1S/C13H19N/c1-6-8-12-9-13(10(3)7-2)14(5)11(12)4/h6,8-10H,1,4,7H2,2-3,5H3/b12-8-. The van der Waals surface area contributed by atoms with Crippen molar-refractivity contribution in [3.8, 4) is 0 Å². The third kappa shape index (κ3) is 1.82. The predicted molar refractivity (Wildman–Crippen MR) is 63.6 cm³/mol. The van der Waals surface area contributed by atoms with E-state index in [9.17, 15) is 0 Å². The molecule has 1 heteroatoms. The Bertz CT molecular complexity index is 423. The van der Waals surface area contributed by atoms with Crippen molar-refractivity contribution in [3.63, 3.8) is 0 Å². The molecule has 0 bridgehead atoms. The van der Waals surface area contributed by atoms with Gasteiger partial charge in [0.25, 0.3) is 0 Å². The summed E-state index contributed by atoms with van der Waals surface area (Å²) in [6, 6.07) is 2.21. The van der Waals surface area contributed by atoms with E-state index in [0.29, 0.717) is 5.92 Å². The summed E-state index contributed by atoms with van der Waals surface area (Å²) in [6.45, 7) is 12.2. The summed E-state index contributed by atoms with van der Waals surface area (Å²) >= 11 is 0. The van der Waals surface area contributed by atoms with Crippen LogP contribution in [0, 0.1) is 0 Å². The first-order valence-corrected chi connectivity index (χ1v) is 5.09. The van der Waals surface area contributed by atoms with E-state index in [-0.39, 0.29) is 0 Å². The predicted octanol–water partition coefficient (Wildman–Crippen LogP) is 1.92. The van der Waals surface area contributed by atoms with Crippen molar-refractivity contribution in [1.29, 1.82) is 0 Å². The number of aromatic nitrogens is 1. The molecule has 0 aliphatic carbocycles. The normalized spacial score (nSPS) is 14.4. The molecule has 0 N–H and O–H groups in total. The van der Waals surface area contributed by atoms with Crippen molar-refractivity contribution in [1.82, 2.24) is 4.57 Å². The van der Waals surface area contributed by atoms with Crippen LogP contribution in [0.2, 0.25) is 0 Å². The Balaban J connectivity index is 3.36. The van der Waals surface area contributed by atoms with Crippen molar-refractivity contribution < 1.29 is 0 Å². The molecule has 1 rings (SSSR count). The Morgan fingerprint density at radius 3 is 2.71 bits per heavy atom. The van der Waals surface area contributed by atoms with Gasteiger partial charge in [0, 0.05) is 18.1 Å². The second-order valence-electron chi connectivity index (χ2n) is 3.74. The van der Waals surface area contributed by atoms with Crippen LogP contribution in [-0.4, -0.2) is 4.57 Å². The van der Waals surface area contributed by atoms with E-state index in [1.165, 1.54) is 10.9 Å². The van der Waals surface area contributed by atoms with Crippen LogP contribution in [-0.2, 0) is 7.05 Å². The lowest BCUT2D eigenvalue weighted by molar-refractivity contribution is 0.659. The SMILES string of the molecule is C=C/C=c1/cc(C(C)CC)n(C)c1=C. The molecule has 0 fully saturated rings. The molecule has 0 aromatic carbocycles. The first-order valence-electron chi connectivity index (χ1n) is 5.09. The van der Waals surface area contributed by atoms with Gasteiger partial charge in [-0.25, -0.2) is 0 Å². The molecule has 0 aliphatic heterocycles. The van der Waals surface area contributed by atoms with Crippen LogP contribution in [0.1, 0.15) is 31.9 Å². The van der Waals surface area contributed by atoms with Gasteiger partial charge in [0.05, 0.1) is 0 Å². The number of rotatable bonds is 3. The van der Waals surface area contributed by atoms with E-state index in [0.717, 1.165) is 11.8 Å². The minimum atomic E-state index is 0.590. The molecule has 1 nitrogen and oxygen atoms in total. The zero-order valence-electron chi connectivity index (χ0n) is 9.38. The molecule has 1 aromatic heterocycles. The van der Waals surface area contributed by atoms with Crippen LogP contribution in [0.4, 0.5) is 0 Å². The second-order valence-corrected chi connectivity index (χ2v) is 3.74. The molecule has 0 saturated carbocycles. The topological polar surface area (TPSA) is 4.93 Å². The van der Waals surface area contributed by atoms with Crippen LogP contribution < -0.4 is 10.6 Å². The highest BCUT2D eigenvalue weighted by atomic mass is 14.9. The van der Waals surface area contributed by atoms with E-state index in [1.807, 2.05) is 12.2 Å². The summed E-state index contributed by atoms with van der Waals surface area (Å²) in [6.07, 6.45) is 4.98. The van der Waals surface area contributed by atoms with Crippen LogP contribution in [0.15, 0.2) is 18.7 Å². The minimum absolute atomic E-state index is 0.590. The van der Waals surface area contributed by atoms with Crippen LogP contribution in [0.3, 0.4) is 0 Å². The first kappa shape index (κ1) is 10.8. The van der Waals surface area contributed by atoms with Gasteiger partial charge in [-0.2, -0.15) is 0 Å². The third-order valence-corrected chi connectivity index (χ3v) is 2.84. The van der Waals surface area contributed by atoms with E-state index in [1.54, 1.807) is 0 Å². The van der Waals surface area contributed by atoms with Gasteiger partial charge in [0.1, 0.15) is 0 Å². The highest BCUT2D eigenvalue weighted by Gasteiger charge is 2.07. The summed E-state index contributed by atoms with van der Waals surface area (Å²) < 4.78 is 2.17. The van der Waals surface area contributed by atoms with E-state index >= 15 is 0 Å². The maximum atomic E-state index is 4.06. The van der Waals surface area contributed by atoms with Crippen molar-refractivity contribution in [2.75, 3.05) is 0 Å². The lowest BCUT2D eigenvalue weighted by Gasteiger charge is -2.09. The molecular weight excluding hydrogens is 170 g/mol. The first-order chi connectivity index (χ1) is 6.61. The second kappa shape index (κ2) is 4.32. The quantitative estimate of drug-likeness (QED) is 0.684. The Morgan fingerprint density at radius 2 is 2.21 bits per heavy atom. The number of hydrogen-bond acceptors (Lipinski definition) is 0. The van der Waals surface area contributed by atoms with E-state index < -0.39 is 0 Å². The molecule has 1 heterocycles. The van der Waals surface area contributed by atoms with E-state index in [2.05, 4.69) is 44.7 Å². The van der Waals surface area contributed by atoms with Gasteiger partial charge in [-0.3, -0.25) is 0 Å². The smallest absolute Gasteiger partial charge is 0.0406 e. The fourth-order valence-electron chi connectivity index (χ4n) is 1.64. The average Bonchev–Trinajstić information content (AvgIpc) is 2.46. The largest absolute Gasteiger partial charge is 0.348 e. The van der Waals surface area contributed by atoms with Crippen LogP contribution in [0.5, 0.6) is 0 Å². The maximum Gasteiger partial charge on any atom is 0.0406 e. The molecule has 0 spiro atoms. The Kier molecular flexibility index (Phi) is 3.34. The molecule has 14 heavy (non-hydrogen) atoms. The highest BCUT2D eigenvalue weighted by Crippen LogP contribution is 2.14. The van der Waals surface area contributed by atoms with Gasteiger partial charge in [-0.15, -0.1) is 0 Å². The molecule has 76 valence electrons. The zero-order valence-corrected chi connectivity index (χ0v) is 9.38. The lowest BCUT2D eigenvalue weighted by atomic mass is 10.1. The Hall–Kier alpha value is -1.24. The molecular formula is C13H19N. The summed E-state index contributed by atoms with van der Waals surface area (Å²) in [5, 5.41) is 2.25. The van der Waals surface area contributed by atoms with Gasteiger partial charge < -0.3 is 4.57 Å².